The quantitative estimate of drug-likeness (QED) is 0.0352. The van der Waals surface area contributed by atoms with Crippen LogP contribution in [0.25, 0.3) is 0 Å². The van der Waals surface area contributed by atoms with Crippen LogP contribution in [0, 0.1) is 5.92 Å². The molecule has 0 N–H and O–H groups in total. The van der Waals surface area contributed by atoms with Gasteiger partial charge in [-0.2, -0.15) is 0 Å². The highest BCUT2D eigenvalue weighted by Gasteiger charge is 2.24. The summed E-state index contributed by atoms with van der Waals surface area (Å²) in [6, 6.07) is 0. The fourth-order valence-electron chi connectivity index (χ4n) is 7.56. The zero-order chi connectivity index (χ0) is 39.3. The zero-order valence-corrected chi connectivity index (χ0v) is 37.1. The molecule has 4 nitrogen and oxygen atoms in total. The van der Waals surface area contributed by atoms with Gasteiger partial charge in [-0.05, 0) is 44.9 Å². The highest BCUT2D eigenvalue weighted by molar-refractivity contribution is 5.79. The summed E-state index contributed by atoms with van der Waals surface area (Å²) in [5.74, 6) is -0.776. The average molecular weight is 761 g/mol. The number of carbonyl (C=O) groups is 2. The Kier molecular flexibility index (Phi) is 44.9. The lowest BCUT2D eigenvalue weighted by Crippen LogP contribution is -2.23. The van der Waals surface area contributed by atoms with E-state index >= 15 is 0 Å². The number of rotatable bonds is 45. The lowest BCUT2D eigenvalue weighted by Gasteiger charge is -2.16. The topological polar surface area (TPSA) is 52.6 Å². The van der Waals surface area contributed by atoms with Gasteiger partial charge in [0.2, 0.25) is 0 Å². The number of allylic oxidation sites excluding steroid dienone is 2. The molecule has 54 heavy (non-hydrogen) atoms. The molecule has 0 aliphatic rings. The molecule has 0 aliphatic heterocycles. The van der Waals surface area contributed by atoms with Crippen molar-refractivity contribution in [2.45, 2.75) is 278 Å². The molecule has 0 saturated heterocycles. The first-order valence-corrected chi connectivity index (χ1v) is 24.6. The first-order valence-electron chi connectivity index (χ1n) is 24.6. The number of carbonyl (C=O) groups excluding carboxylic acids is 2. The summed E-state index contributed by atoms with van der Waals surface area (Å²) in [5.41, 5.74) is 0. The van der Waals surface area contributed by atoms with Crippen molar-refractivity contribution >= 4 is 11.9 Å². The Labute approximate surface area is 338 Å². The lowest BCUT2D eigenvalue weighted by atomic mass is 9.97. The molecular formula is C50H96O4. The third-order valence-electron chi connectivity index (χ3n) is 11.3. The first-order chi connectivity index (χ1) is 26.7. The van der Waals surface area contributed by atoms with Crippen LogP contribution in [0.3, 0.4) is 0 Å². The van der Waals surface area contributed by atoms with Crippen LogP contribution in [-0.4, -0.2) is 25.2 Å². The van der Waals surface area contributed by atoms with E-state index in [1.54, 1.807) is 0 Å². The van der Waals surface area contributed by atoms with Gasteiger partial charge in [0, 0.05) is 0 Å². The number of esters is 2. The summed E-state index contributed by atoms with van der Waals surface area (Å²) in [4.78, 5) is 25.9. The molecule has 1 unspecified atom stereocenters. The zero-order valence-electron chi connectivity index (χ0n) is 37.1. The first kappa shape index (κ1) is 52.7. The molecule has 0 radical (unpaired) electrons. The molecule has 0 heterocycles. The third kappa shape index (κ3) is 41.8. The van der Waals surface area contributed by atoms with Gasteiger partial charge in [-0.15, -0.1) is 0 Å². The molecule has 0 aromatic heterocycles. The Bertz CT molecular complexity index is 777. The molecule has 0 aliphatic carbocycles. The SMILES string of the molecule is CCCCCCCC/C=C/CCCCCCCCCCC(CC(=O)OCCCCCCCCCCCCC)C(=O)OCCCCCCCCCCCCC. The maximum absolute atomic E-state index is 13.1. The molecule has 1 atom stereocenters. The molecule has 0 bridgehead atoms. The molecule has 0 spiro atoms. The Hall–Kier alpha value is -1.32. The Balaban J connectivity index is 4.21. The van der Waals surface area contributed by atoms with Crippen LogP contribution in [0.2, 0.25) is 0 Å². The maximum Gasteiger partial charge on any atom is 0.309 e. The summed E-state index contributed by atoms with van der Waals surface area (Å²) in [6.07, 6.45) is 54.4. The summed E-state index contributed by atoms with van der Waals surface area (Å²) >= 11 is 0. The van der Waals surface area contributed by atoms with Gasteiger partial charge in [-0.1, -0.05) is 238 Å². The Morgan fingerprint density at radius 1 is 0.370 bits per heavy atom. The van der Waals surface area contributed by atoms with E-state index in [2.05, 4.69) is 32.9 Å². The van der Waals surface area contributed by atoms with Crippen LogP contribution >= 0.6 is 0 Å². The smallest absolute Gasteiger partial charge is 0.309 e. The van der Waals surface area contributed by atoms with Crippen LogP contribution in [0.5, 0.6) is 0 Å². The van der Waals surface area contributed by atoms with Crippen LogP contribution < -0.4 is 0 Å². The van der Waals surface area contributed by atoms with Crippen molar-refractivity contribution in [2.24, 2.45) is 5.92 Å². The van der Waals surface area contributed by atoms with Crippen LogP contribution in [0.1, 0.15) is 278 Å². The summed E-state index contributed by atoms with van der Waals surface area (Å²) in [7, 11) is 0. The van der Waals surface area contributed by atoms with Crippen molar-refractivity contribution in [2.75, 3.05) is 13.2 Å². The second kappa shape index (κ2) is 46.1. The van der Waals surface area contributed by atoms with Crippen LogP contribution in [0.4, 0.5) is 0 Å². The van der Waals surface area contributed by atoms with Gasteiger partial charge in [0.15, 0.2) is 0 Å². The van der Waals surface area contributed by atoms with E-state index in [0.29, 0.717) is 13.2 Å². The largest absolute Gasteiger partial charge is 0.466 e. The van der Waals surface area contributed by atoms with Gasteiger partial charge in [0.25, 0.3) is 0 Å². The minimum atomic E-state index is -0.364. The fraction of sp³-hybridized carbons (Fsp3) is 0.920. The highest BCUT2D eigenvalue weighted by atomic mass is 16.5. The Morgan fingerprint density at radius 3 is 1.04 bits per heavy atom. The van der Waals surface area contributed by atoms with Crippen molar-refractivity contribution in [3.8, 4) is 0 Å². The van der Waals surface area contributed by atoms with Crippen molar-refractivity contribution < 1.29 is 19.1 Å². The Morgan fingerprint density at radius 2 is 0.667 bits per heavy atom. The highest BCUT2D eigenvalue weighted by Crippen LogP contribution is 2.20. The molecule has 4 heteroatoms. The second-order valence-electron chi connectivity index (χ2n) is 16.8. The third-order valence-corrected chi connectivity index (χ3v) is 11.3. The van der Waals surface area contributed by atoms with E-state index in [1.807, 2.05) is 0 Å². The summed E-state index contributed by atoms with van der Waals surface area (Å²) < 4.78 is 11.4. The molecule has 0 saturated carbocycles. The molecule has 0 amide bonds. The summed E-state index contributed by atoms with van der Waals surface area (Å²) in [6.45, 7) is 7.78. The molecule has 0 aromatic rings. The predicted molar refractivity (Wildman–Crippen MR) is 236 cm³/mol. The van der Waals surface area contributed by atoms with Gasteiger partial charge >= 0.3 is 11.9 Å². The monoisotopic (exact) mass is 761 g/mol. The number of ether oxygens (including phenoxy) is 2. The van der Waals surface area contributed by atoms with Crippen LogP contribution in [0.15, 0.2) is 12.2 Å². The van der Waals surface area contributed by atoms with E-state index in [4.69, 9.17) is 9.47 Å². The van der Waals surface area contributed by atoms with Crippen molar-refractivity contribution in [3.05, 3.63) is 12.2 Å². The van der Waals surface area contributed by atoms with E-state index < -0.39 is 0 Å². The molecular weight excluding hydrogens is 665 g/mol. The van der Waals surface area contributed by atoms with Crippen molar-refractivity contribution in [3.63, 3.8) is 0 Å². The minimum absolute atomic E-state index is 0.169. The van der Waals surface area contributed by atoms with Gasteiger partial charge in [-0.3, -0.25) is 9.59 Å². The molecule has 320 valence electrons. The predicted octanol–water partition coefficient (Wildman–Crippen LogP) is 16.9. The van der Waals surface area contributed by atoms with Crippen molar-refractivity contribution in [1.82, 2.24) is 0 Å². The van der Waals surface area contributed by atoms with Crippen LogP contribution in [-0.2, 0) is 19.1 Å². The maximum atomic E-state index is 13.1. The standard InChI is InChI=1S/C50H96O4/c1-4-7-10-13-16-19-22-23-24-25-26-27-28-29-32-35-38-41-44-48(50(52)54-46-43-40-37-34-31-21-18-15-12-9-6-3)47-49(51)53-45-42-39-36-33-30-20-17-14-11-8-5-2/h23-24,48H,4-22,25-47H2,1-3H3/b24-23+. The normalized spacial score (nSPS) is 12.1. The van der Waals surface area contributed by atoms with Gasteiger partial charge < -0.3 is 9.47 Å². The van der Waals surface area contributed by atoms with E-state index in [9.17, 15) is 9.59 Å². The van der Waals surface area contributed by atoms with E-state index in [1.165, 1.54) is 205 Å². The molecule has 0 aromatic carbocycles. The number of hydrogen-bond acceptors (Lipinski definition) is 4. The van der Waals surface area contributed by atoms with E-state index in [0.717, 1.165) is 44.9 Å². The fourth-order valence-corrected chi connectivity index (χ4v) is 7.56. The number of hydrogen-bond donors (Lipinski definition) is 0. The average Bonchev–Trinajstić information content (AvgIpc) is 3.17. The van der Waals surface area contributed by atoms with E-state index in [-0.39, 0.29) is 24.3 Å². The molecule has 0 fully saturated rings. The minimum Gasteiger partial charge on any atom is -0.466 e. The van der Waals surface area contributed by atoms with Gasteiger partial charge in [-0.25, -0.2) is 0 Å². The lowest BCUT2D eigenvalue weighted by molar-refractivity contribution is -0.155. The second-order valence-corrected chi connectivity index (χ2v) is 16.8. The summed E-state index contributed by atoms with van der Waals surface area (Å²) in [5, 5.41) is 0. The number of unbranched alkanes of at least 4 members (excludes halogenated alkanes) is 34. The van der Waals surface area contributed by atoms with Crippen molar-refractivity contribution in [1.29, 1.82) is 0 Å². The molecule has 0 rings (SSSR count). The van der Waals surface area contributed by atoms with Gasteiger partial charge in [0.1, 0.15) is 0 Å². The van der Waals surface area contributed by atoms with Gasteiger partial charge in [0.05, 0.1) is 25.6 Å².